The molecule has 0 aromatic carbocycles. The Kier molecular flexibility index (Phi) is 2.72. The van der Waals surface area contributed by atoms with Gasteiger partial charge in [-0.1, -0.05) is 20.3 Å². The molecule has 4 aliphatic rings. The highest BCUT2D eigenvalue weighted by molar-refractivity contribution is 5.89. The highest BCUT2D eigenvalue weighted by Gasteiger charge is 2.61. The molecule has 4 aliphatic carbocycles. The molecule has 0 aromatic heterocycles. The first-order valence-corrected chi connectivity index (χ1v) is 8.68. The Hall–Kier alpha value is -0.370. The molecule has 4 fully saturated rings. The average Bonchev–Trinajstić information content (AvgIpc) is 2.80. The number of hydrogen-bond acceptors (Lipinski definition) is 2. The van der Waals surface area contributed by atoms with Gasteiger partial charge in [0.15, 0.2) is 0 Å². The van der Waals surface area contributed by atoms with Crippen LogP contribution in [0.4, 0.5) is 0 Å². The number of hydrogen-bond donors (Lipinski definition) is 1. The number of rotatable bonds is 0. The fraction of sp³-hybridized carbons (Fsp3) is 0.944. The molecular weight excluding hydrogens is 248 g/mol. The number of fused-ring (bicyclic) bond motifs is 6. The van der Waals surface area contributed by atoms with Crippen molar-refractivity contribution in [2.75, 3.05) is 0 Å². The predicted molar refractivity (Wildman–Crippen MR) is 78.1 cm³/mol. The van der Waals surface area contributed by atoms with Crippen LogP contribution in [0.25, 0.3) is 0 Å². The second-order valence-corrected chi connectivity index (χ2v) is 8.69. The smallest absolute Gasteiger partial charge is 0.144 e. The predicted octanol–water partition coefficient (Wildman–Crippen LogP) is 3.57. The molecule has 7 atom stereocenters. The van der Waals surface area contributed by atoms with Gasteiger partial charge in [-0.05, 0) is 68.1 Å². The molecule has 2 heteroatoms. The highest BCUT2D eigenvalue weighted by Crippen LogP contribution is 2.64. The Bertz CT molecular complexity index is 445. The Morgan fingerprint density at radius 1 is 1.05 bits per heavy atom. The Balaban J connectivity index is 1.72. The number of aliphatic hydroxyl groups excluding tert-OH is 1. The van der Waals surface area contributed by atoms with Crippen LogP contribution < -0.4 is 0 Å². The molecule has 0 aliphatic heterocycles. The zero-order chi connectivity index (χ0) is 14.1. The summed E-state index contributed by atoms with van der Waals surface area (Å²) in [5, 5.41) is 10.3. The van der Waals surface area contributed by atoms with Gasteiger partial charge in [0.1, 0.15) is 5.78 Å². The standard InChI is InChI=1S/C18H28O2/c1-17-7-3-4-13(17)11-10-12-15(19)6-9-18(2,16(12)20)14(11)5-8-17/h11-15,19H,3-10H2,1-2H3/t11-,12-,13-,14+,15-,17-,18+/m1/s1. The minimum Gasteiger partial charge on any atom is -0.392 e. The number of Topliss-reactive ketones (excluding diaryl/α,β-unsaturated/α-hetero) is 1. The quantitative estimate of drug-likeness (QED) is 0.734. The van der Waals surface area contributed by atoms with E-state index in [2.05, 4.69) is 13.8 Å². The van der Waals surface area contributed by atoms with Crippen LogP contribution in [0, 0.1) is 34.5 Å². The molecule has 0 spiro atoms. The van der Waals surface area contributed by atoms with Gasteiger partial charge in [-0.15, -0.1) is 0 Å². The molecule has 0 heterocycles. The molecule has 0 saturated heterocycles. The Morgan fingerprint density at radius 2 is 1.85 bits per heavy atom. The van der Waals surface area contributed by atoms with Crippen molar-refractivity contribution in [1.82, 2.24) is 0 Å². The van der Waals surface area contributed by atoms with Crippen molar-refractivity contribution >= 4 is 5.78 Å². The first-order valence-electron chi connectivity index (χ1n) is 8.68. The van der Waals surface area contributed by atoms with Gasteiger partial charge in [-0.25, -0.2) is 0 Å². The summed E-state index contributed by atoms with van der Waals surface area (Å²) in [6.45, 7) is 4.72. The van der Waals surface area contributed by atoms with Crippen LogP contribution in [-0.4, -0.2) is 17.0 Å². The van der Waals surface area contributed by atoms with Gasteiger partial charge in [-0.3, -0.25) is 4.79 Å². The summed E-state index contributed by atoms with van der Waals surface area (Å²) in [4.78, 5) is 12.8. The summed E-state index contributed by atoms with van der Waals surface area (Å²) in [5.41, 5.74) is 0.425. The molecule has 0 aromatic rings. The number of carbonyl (C=O) groups excluding carboxylic acids is 1. The fourth-order valence-corrected chi connectivity index (χ4v) is 6.70. The zero-order valence-corrected chi connectivity index (χ0v) is 12.9. The van der Waals surface area contributed by atoms with Crippen LogP contribution in [0.15, 0.2) is 0 Å². The van der Waals surface area contributed by atoms with Gasteiger partial charge in [0, 0.05) is 11.3 Å². The van der Waals surface area contributed by atoms with Crippen LogP contribution >= 0.6 is 0 Å². The molecule has 2 nitrogen and oxygen atoms in total. The number of ketones is 1. The van der Waals surface area contributed by atoms with Crippen LogP contribution in [-0.2, 0) is 4.79 Å². The summed E-state index contributed by atoms with van der Waals surface area (Å²) in [6, 6.07) is 0. The first kappa shape index (κ1) is 13.3. The second-order valence-electron chi connectivity index (χ2n) is 8.69. The summed E-state index contributed by atoms with van der Waals surface area (Å²) in [5.74, 6) is 2.49. The molecule has 20 heavy (non-hydrogen) atoms. The molecule has 2 bridgehead atoms. The lowest BCUT2D eigenvalue weighted by molar-refractivity contribution is -0.167. The van der Waals surface area contributed by atoms with Crippen molar-refractivity contribution in [2.24, 2.45) is 34.5 Å². The topological polar surface area (TPSA) is 37.3 Å². The van der Waals surface area contributed by atoms with Crippen LogP contribution in [0.3, 0.4) is 0 Å². The van der Waals surface area contributed by atoms with Crippen LogP contribution in [0.2, 0.25) is 0 Å². The molecule has 0 unspecified atom stereocenters. The third-order valence-electron chi connectivity index (χ3n) is 7.89. The fourth-order valence-electron chi connectivity index (χ4n) is 6.70. The van der Waals surface area contributed by atoms with E-state index in [0.29, 0.717) is 23.0 Å². The van der Waals surface area contributed by atoms with Gasteiger partial charge in [-0.2, -0.15) is 0 Å². The normalized spacial score (nSPS) is 58.1. The number of aliphatic hydroxyl groups is 1. The van der Waals surface area contributed by atoms with Crippen molar-refractivity contribution in [3.05, 3.63) is 0 Å². The summed E-state index contributed by atoms with van der Waals surface area (Å²) in [7, 11) is 0. The highest BCUT2D eigenvalue weighted by atomic mass is 16.3. The maximum absolute atomic E-state index is 12.8. The van der Waals surface area contributed by atoms with Crippen molar-refractivity contribution in [3.8, 4) is 0 Å². The molecule has 0 amide bonds. The Morgan fingerprint density at radius 3 is 2.65 bits per heavy atom. The minimum absolute atomic E-state index is 0.0436. The van der Waals surface area contributed by atoms with E-state index in [4.69, 9.17) is 0 Å². The van der Waals surface area contributed by atoms with Gasteiger partial charge < -0.3 is 5.11 Å². The van der Waals surface area contributed by atoms with E-state index in [9.17, 15) is 9.90 Å². The van der Waals surface area contributed by atoms with Gasteiger partial charge >= 0.3 is 0 Å². The van der Waals surface area contributed by atoms with Crippen LogP contribution in [0.1, 0.15) is 65.2 Å². The molecule has 4 saturated carbocycles. The summed E-state index contributed by atoms with van der Waals surface area (Å²) in [6.07, 6.45) is 9.11. The van der Waals surface area contributed by atoms with E-state index >= 15 is 0 Å². The van der Waals surface area contributed by atoms with E-state index < -0.39 is 0 Å². The minimum atomic E-state index is -0.355. The lowest BCUT2D eigenvalue weighted by Gasteiger charge is -2.59. The van der Waals surface area contributed by atoms with Gasteiger partial charge in [0.05, 0.1) is 6.10 Å². The third-order valence-corrected chi connectivity index (χ3v) is 7.89. The van der Waals surface area contributed by atoms with Gasteiger partial charge in [0.2, 0.25) is 0 Å². The molecular formula is C18H28O2. The molecule has 1 N–H and O–H groups in total. The lowest BCUT2D eigenvalue weighted by Crippen LogP contribution is -2.59. The zero-order valence-electron chi connectivity index (χ0n) is 12.9. The van der Waals surface area contributed by atoms with Crippen molar-refractivity contribution in [3.63, 3.8) is 0 Å². The lowest BCUT2D eigenvalue weighted by atomic mass is 9.45. The molecule has 112 valence electrons. The monoisotopic (exact) mass is 276 g/mol. The van der Waals surface area contributed by atoms with Crippen LogP contribution in [0.5, 0.6) is 0 Å². The maximum Gasteiger partial charge on any atom is 0.144 e. The van der Waals surface area contributed by atoms with E-state index in [1.807, 2.05) is 0 Å². The largest absolute Gasteiger partial charge is 0.392 e. The number of carbonyl (C=O) groups is 1. The van der Waals surface area contributed by atoms with Crippen molar-refractivity contribution in [2.45, 2.75) is 71.3 Å². The van der Waals surface area contributed by atoms with Gasteiger partial charge in [0.25, 0.3) is 0 Å². The Labute approximate surface area is 122 Å². The van der Waals surface area contributed by atoms with E-state index in [-0.39, 0.29) is 17.4 Å². The van der Waals surface area contributed by atoms with E-state index in [0.717, 1.165) is 25.2 Å². The van der Waals surface area contributed by atoms with Crippen molar-refractivity contribution in [1.29, 1.82) is 0 Å². The third kappa shape index (κ3) is 1.52. The summed E-state index contributed by atoms with van der Waals surface area (Å²) >= 11 is 0. The average molecular weight is 276 g/mol. The SMILES string of the molecule is C[C@]12CCC[C@@H]1[C@H]1C[C@H]3C(=O)[C@@](C)(CC[C@H]3O)[C@H]1CC2. The molecule has 4 rings (SSSR count). The first-order chi connectivity index (χ1) is 9.46. The van der Waals surface area contributed by atoms with E-state index in [1.54, 1.807) is 0 Å². The molecule has 0 radical (unpaired) electrons. The van der Waals surface area contributed by atoms with E-state index in [1.165, 1.54) is 32.1 Å². The maximum atomic E-state index is 12.8. The van der Waals surface area contributed by atoms with Crippen molar-refractivity contribution < 1.29 is 9.90 Å². The summed E-state index contributed by atoms with van der Waals surface area (Å²) < 4.78 is 0. The second kappa shape index (κ2) is 4.09.